The van der Waals surface area contributed by atoms with Crippen LogP contribution in [-0.2, 0) is 17.0 Å². The summed E-state index contributed by atoms with van der Waals surface area (Å²) in [6.45, 7) is 1.52. The number of nitrogens with one attached hydrogen (secondary N) is 1. The summed E-state index contributed by atoms with van der Waals surface area (Å²) < 4.78 is 22.2. The van der Waals surface area contributed by atoms with Gasteiger partial charge in [0.15, 0.2) is 11.0 Å². The van der Waals surface area contributed by atoms with Gasteiger partial charge in [-0.25, -0.2) is 4.39 Å². The van der Waals surface area contributed by atoms with E-state index < -0.39 is 0 Å². The Bertz CT molecular complexity index is 1190. The molecule has 1 unspecified atom stereocenters. The number of H-pyrrole nitrogens is 1. The zero-order valence-corrected chi connectivity index (χ0v) is 18.5. The molecule has 8 heteroatoms. The molecule has 4 aromatic rings. The Labute approximate surface area is 186 Å². The number of fused-ring (bicyclic) bond motifs is 1. The highest BCUT2D eigenvalue weighted by Crippen LogP contribution is 2.33. The lowest BCUT2D eigenvalue weighted by Gasteiger charge is -2.14. The van der Waals surface area contributed by atoms with Crippen LogP contribution in [0, 0.1) is 5.82 Å². The van der Waals surface area contributed by atoms with Crippen molar-refractivity contribution in [1.82, 2.24) is 19.7 Å². The highest BCUT2D eigenvalue weighted by Gasteiger charge is 2.23. The Kier molecular flexibility index (Phi) is 5.62. The molecule has 1 fully saturated rings. The Morgan fingerprint density at radius 3 is 2.97 bits per heavy atom. The van der Waals surface area contributed by atoms with E-state index in [4.69, 9.17) is 4.74 Å². The van der Waals surface area contributed by atoms with Crippen LogP contribution >= 0.6 is 27.7 Å². The Hall–Kier alpha value is -2.16. The van der Waals surface area contributed by atoms with Gasteiger partial charge in [0.05, 0.1) is 12.6 Å². The molecule has 1 atom stereocenters. The van der Waals surface area contributed by atoms with Crippen molar-refractivity contribution < 1.29 is 9.13 Å². The fourth-order valence-corrected chi connectivity index (χ4v) is 5.42. The first-order valence-corrected chi connectivity index (χ1v) is 11.6. The van der Waals surface area contributed by atoms with Gasteiger partial charge < -0.3 is 9.72 Å². The molecule has 1 saturated heterocycles. The SMILES string of the molecule is Fc1ccc(CSc2nnc(-c3c[nH]c4ccccc34)n2CC2CCCO2)c(Br)c1. The molecule has 0 aliphatic carbocycles. The summed E-state index contributed by atoms with van der Waals surface area (Å²) in [7, 11) is 0. The first-order chi connectivity index (χ1) is 14.7. The topological polar surface area (TPSA) is 55.7 Å². The molecule has 2 aromatic heterocycles. The van der Waals surface area contributed by atoms with Crippen molar-refractivity contribution in [2.75, 3.05) is 6.61 Å². The number of nitrogens with zero attached hydrogens (tertiary/aromatic N) is 3. The van der Waals surface area contributed by atoms with Gasteiger partial charge in [-0.05, 0) is 36.6 Å². The van der Waals surface area contributed by atoms with E-state index in [0.29, 0.717) is 5.75 Å². The first kappa shape index (κ1) is 19.8. The van der Waals surface area contributed by atoms with E-state index in [0.717, 1.165) is 63.5 Å². The van der Waals surface area contributed by atoms with E-state index in [9.17, 15) is 4.39 Å². The van der Waals surface area contributed by atoms with E-state index in [1.165, 1.54) is 12.1 Å². The molecule has 1 N–H and O–H groups in total. The summed E-state index contributed by atoms with van der Waals surface area (Å²) in [6.07, 6.45) is 4.28. The van der Waals surface area contributed by atoms with E-state index in [-0.39, 0.29) is 11.9 Å². The molecular formula is C22H20BrFN4OS. The number of ether oxygens (including phenoxy) is 1. The van der Waals surface area contributed by atoms with Crippen molar-refractivity contribution in [3.63, 3.8) is 0 Å². The molecule has 154 valence electrons. The number of rotatable bonds is 6. The maximum atomic E-state index is 13.4. The number of aromatic nitrogens is 4. The van der Waals surface area contributed by atoms with Crippen LogP contribution < -0.4 is 0 Å². The maximum Gasteiger partial charge on any atom is 0.191 e. The number of aromatic amines is 1. The number of thioether (sulfide) groups is 1. The maximum absolute atomic E-state index is 13.4. The van der Waals surface area contributed by atoms with Gasteiger partial charge in [-0.15, -0.1) is 10.2 Å². The van der Waals surface area contributed by atoms with E-state index >= 15 is 0 Å². The third kappa shape index (κ3) is 3.91. The average Bonchev–Trinajstić information content (AvgIpc) is 3.48. The van der Waals surface area contributed by atoms with Gasteiger partial charge in [0.2, 0.25) is 0 Å². The van der Waals surface area contributed by atoms with E-state index in [2.05, 4.69) is 47.8 Å². The van der Waals surface area contributed by atoms with Crippen LogP contribution in [0.3, 0.4) is 0 Å². The lowest BCUT2D eigenvalue weighted by Crippen LogP contribution is -2.16. The summed E-state index contributed by atoms with van der Waals surface area (Å²) in [6, 6.07) is 13.0. The lowest BCUT2D eigenvalue weighted by molar-refractivity contribution is 0.0953. The van der Waals surface area contributed by atoms with Crippen LogP contribution in [-0.4, -0.2) is 32.5 Å². The summed E-state index contributed by atoms with van der Waals surface area (Å²) in [5, 5.41) is 11.0. The molecule has 0 spiro atoms. The minimum absolute atomic E-state index is 0.168. The molecular weight excluding hydrogens is 467 g/mol. The zero-order valence-electron chi connectivity index (χ0n) is 16.1. The number of halogens is 2. The highest BCUT2D eigenvalue weighted by molar-refractivity contribution is 9.10. The number of hydrogen-bond acceptors (Lipinski definition) is 4. The fourth-order valence-electron chi connectivity index (χ4n) is 3.79. The van der Waals surface area contributed by atoms with Crippen LogP contribution in [0.1, 0.15) is 18.4 Å². The predicted octanol–water partition coefficient (Wildman–Crippen LogP) is 5.80. The average molecular weight is 487 g/mol. The summed E-state index contributed by atoms with van der Waals surface area (Å²) in [4.78, 5) is 3.33. The van der Waals surface area contributed by atoms with Crippen molar-refractivity contribution in [2.45, 2.75) is 36.4 Å². The van der Waals surface area contributed by atoms with Gasteiger partial charge in [-0.2, -0.15) is 0 Å². The van der Waals surface area contributed by atoms with Crippen molar-refractivity contribution in [3.05, 3.63) is 64.5 Å². The molecule has 1 aliphatic heterocycles. The molecule has 5 rings (SSSR count). The molecule has 30 heavy (non-hydrogen) atoms. The molecule has 0 saturated carbocycles. The third-order valence-corrected chi connectivity index (χ3v) is 7.08. The van der Waals surface area contributed by atoms with Gasteiger partial charge in [0.25, 0.3) is 0 Å². The molecule has 1 aliphatic rings. The van der Waals surface area contributed by atoms with Crippen LogP contribution in [0.2, 0.25) is 0 Å². The van der Waals surface area contributed by atoms with Crippen molar-refractivity contribution in [3.8, 4) is 11.4 Å². The van der Waals surface area contributed by atoms with Gasteiger partial charge in [-0.3, -0.25) is 4.57 Å². The molecule has 5 nitrogen and oxygen atoms in total. The van der Waals surface area contributed by atoms with Gasteiger partial charge in [0.1, 0.15) is 5.82 Å². The van der Waals surface area contributed by atoms with Crippen LogP contribution in [0.4, 0.5) is 4.39 Å². The molecule has 2 aromatic carbocycles. The van der Waals surface area contributed by atoms with Crippen LogP contribution in [0.15, 0.2) is 58.3 Å². The second-order valence-corrected chi connectivity index (χ2v) is 9.12. The molecule has 3 heterocycles. The van der Waals surface area contributed by atoms with Gasteiger partial charge >= 0.3 is 0 Å². The number of para-hydroxylation sites is 1. The van der Waals surface area contributed by atoms with Crippen molar-refractivity contribution in [1.29, 1.82) is 0 Å². The Balaban J connectivity index is 1.49. The molecule has 0 bridgehead atoms. The molecule has 0 amide bonds. The summed E-state index contributed by atoms with van der Waals surface area (Å²) in [5.41, 5.74) is 3.12. The third-order valence-electron chi connectivity index (χ3n) is 5.33. The minimum Gasteiger partial charge on any atom is -0.376 e. The Morgan fingerprint density at radius 1 is 1.23 bits per heavy atom. The number of benzene rings is 2. The summed E-state index contributed by atoms with van der Waals surface area (Å²) in [5.74, 6) is 1.25. The number of hydrogen-bond donors (Lipinski definition) is 1. The second kappa shape index (κ2) is 8.53. The van der Waals surface area contributed by atoms with E-state index in [1.54, 1.807) is 17.8 Å². The quantitative estimate of drug-likeness (QED) is 0.350. The largest absolute Gasteiger partial charge is 0.376 e. The minimum atomic E-state index is -0.251. The van der Waals surface area contributed by atoms with Gasteiger partial charge in [0, 0.05) is 39.5 Å². The van der Waals surface area contributed by atoms with Crippen LogP contribution in [0.5, 0.6) is 0 Å². The standard InChI is InChI=1S/C22H20BrFN4OS/c23-19-10-15(24)8-7-14(19)13-30-22-27-26-21(28(22)12-16-4-3-9-29-16)18-11-25-20-6-2-1-5-17(18)20/h1-2,5-8,10-11,16,25H,3-4,9,12-13H2. The smallest absolute Gasteiger partial charge is 0.191 e. The fraction of sp³-hybridized carbons (Fsp3) is 0.273. The summed E-state index contributed by atoms with van der Waals surface area (Å²) >= 11 is 5.05. The van der Waals surface area contributed by atoms with Gasteiger partial charge in [-0.1, -0.05) is 52.0 Å². The normalized spacial score (nSPS) is 16.5. The monoisotopic (exact) mass is 486 g/mol. The second-order valence-electron chi connectivity index (χ2n) is 7.32. The predicted molar refractivity (Wildman–Crippen MR) is 120 cm³/mol. The van der Waals surface area contributed by atoms with Crippen molar-refractivity contribution in [2.24, 2.45) is 0 Å². The lowest BCUT2D eigenvalue weighted by atomic mass is 10.1. The first-order valence-electron chi connectivity index (χ1n) is 9.87. The molecule has 0 radical (unpaired) electrons. The highest BCUT2D eigenvalue weighted by atomic mass is 79.9. The van der Waals surface area contributed by atoms with Crippen molar-refractivity contribution >= 4 is 38.6 Å². The van der Waals surface area contributed by atoms with Crippen LogP contribution in [0.25, 0.3) is 22.3 Å². The Morgan fingerprint density at radius 2 is 2.13 bits per heavy atom. The zero-order chi connectivity index (χ0) is 20.5. The van der Waals surface area contributed by atoms with E-state index in [1.807, 2.05) is 18.3 Å².